The lowest BCUT2D eigenvalue weighted by Gasteiger charge is -2.09. The van der Waals surface area contributed by atoms with Crippen molar-refractivity contribution in [3.63, 3.8) is 0 Å². The Kier molecular flexibility index (Phi) is 3.81. The van der Waals surface area contributed by atoms with Gasteiger partial charge in [-0.25, -0.2) is 9.97 Å². The normalized spacial score (nSPS) is 12.7. The molecule has 0 unspecified atom stereocenters. The van der Waals surface area contributed by atoms with Gasteiger partial charge in [-0.2, -0.15) is 0 Å². The summed E-state index contributed by atoms with van der Waals surface area (Å²) >= 11 is 0. The van der Waals surface area contributed by atoms with E-state index in [0.29, 0.717) is 0 Å². The molecule has 1 aliphatic rings. The van der Waals surface area contributed by atoms with Crippen LogP contribution in [0.2, 0.25) is 0 Å². The van der Waals surface area contributed by atoms with Crippen LogP contribution in [0.4, 0.5) is 17.3 Å². The van der Waals surface area contributed by atoms with Crippen molar-refractivity contribution in [2.24, 2.45) is 0 Å². The van der Waals surface area contributed by atoms with Gasteiger partial charge in [0.05, 0.1) is 5.69 Å². The van der Waals surface area contributed by atoms with Crippen LogP contribution in [0.5, 0.6) is 0 Å². The van der Waals surface area contributed by atoms with Gasteiger partial charge in [-0.05, 0) is 31.0 Å². The molecule has 0 radical (unpaired) electrons. The van der Waals surface area contributed by atoms with E-state index in [1.54, 1.807) is 0 Å². The first-order valence-electron chi connectivity index (χ1n) is 7.31. The summed E-state index contributed by atoms with van der Waals surface area (Å²) in [6.07, 6.45) is 6.54. The summed E-state index contributed by atoms with van der Waals surface area (Å²) in [6.45, 7) is 3.00. The average Bonchev–Trinajstić information content (AvgIpc) is 2.66. The van der Waals surface area contributed by atoms with E-state index in [1.807, 2.05) is 12.3 Å². The fourth-order valence-electron chi connectivity index (χ4n) is 2.43. The van der Waals surface area contributed by atoms with Crippen molar-refractivity contribution in [3.05, 3.63) is 41.7 Å². The third-order valence-corrected chi connectivity index (χ3v) is 3.59. The van der Waals surface area contributed by atoms with Gasteiger partial charge in [0.2, 0.25) is 0 Å². The van der Waals surface area contributed by atoms with E-state index in [4.69, 9.17) is 4.98 Å². The number of unbranched alkanes of at least 4 members (excludes halogenated alkanes) is 2. The molecular weight excluding hydrogens is 248 g/mol. The Hall–Kier alpha value is -2.10. The molecule has 0 amide bonds. The first-order chi connectivity index (χ1) is 9.86. The van der Waals surface area contributed by atoms with Crippen molar-refractivity contribution in [2.45, 2.75) is 39.2 Å². The molecule has 20 heavy (non-hydrogen) atoms. The zero-order valence-corrected chi connectivity index (χ0v) is 11.8. The maximum absolute atomic E-state index is 4.73. The van der Waals surface area contributed by atoms with E-state index in [9.17, 15) is 0 Å². The van der Waals surface area contributed by atoms with Crippen LogP contribution in [0.25, 0.3) is 0 Å². The third-order valence-electron chi connectivity index (χ3n) is 3.59. The molecule has 3 rings (SSSR count). The molecule has 0 spiro atoms. The highest BCUT2D eigenvalue weighted by Crippen LogP contribution is 2.29. The van der Waals surface area contributed by atoms with Crippen LogP contribution in [-0.2, 0) is 13.0 Å². The fourth-order valence-corrected chi connectivity index (χ4v) is 2.43. The zero-order chi connectivity index (χ0) is 13.8. The lowest BCUT2D eigenvalue weighted by Crippen LogP contribution is -2.00. The molecule has 3 heterocycles. The summed E-state index contributed by atoms with van der Waals surface area (Å²) in [6, 6.07) is 8.27. The van der Waals surface area contributed by atoms with Crippen molar-refractivity contribution >= 4 is 17.3 Å². The quantitative estimate of drug-likeness (QED) is 0.826. The van der Waals surface area contributed by atoms with Crippen LogP contribution in [0.15, 0.2) is 30.5 Å². The Morgan fingerprint density at radius 2 is 2.10 bits per heavy atom. The van der Waals surface area contributed by atoms with E-state index in [0.717, 1.165) is 41.5 Å². The largest absolute Gasteiger partial charge is 0.378 e. The van der Waals surface area contributed by atoms with E-state index < -0.39 is 0 Å². The molecule has 0 saturated carbocycles. The van der Waals surface area contributed by atoms with Crippen molar-refractivity contribution in [1.82, 2.24) is 9.97 Å². The Balaban J connectivity index is 1.83. The van der Waals surface area contributed by atoms with Crippen molar-refractivity contribution < 1.29 is 0 Å². The summed E-state index contributed by atoms with van der Waals surface area (Å²) in [5, 5.41) is 6.76. The van der Waals surface area contributed by atoms with Gasteiger partial charge in [-0.1, -0.05) is 25.8 Å². The number of aromatic nitrogens is 2. The first-order valence-corrected chi connectivity index (χ1v) is 7.31. The molecule has 0 atom stereocenters. The minimum absolute atomic E-state index is 0.778. The number of pyridine rings is 2. The number of fused-ring (bicyclic) bond motifs is 2. The smallest absolute Gasteiger partial charge is 0.155 e. The van der Waals surface area contributed by atoms with Crippen molar-refractivity contribution in [2.75, 3.05) is 10.6 Å². The van der Waals surface area contributed by atoms with Gasteiger partial charge in [-0.15, -0.1) is 0 Å². The number of nitrogens with one attached hydrogen (secondary N) is 2. The number of rotatable bonds is 4. The monoisotopic (exact) mass is 268 g/mol. The molecule has 4 nitrogen and oxygen atoms in total. The molecule has 4 heteroatoms. The van der Waals surface area contributed by atoms with Crippen LogP contribution in [0.3, 0.4) is 0 Å². The molecule has 0 saturated heterocycles. The third kappa shape index (κ3) is 2.74. The molecule has 104 valence electrons. The van der Waals surface area contributed by atoms with Gasteiger partial charge in [0.25, 0.3) is 0 Å². The topological polar surface area (TPSA) is 49.8 Å². The maximum Gasteiger partial charge on any atom is 0.155 e. The van der Waals surface area contributed by atoms with Crippen LogP contribution in [0.1, 0.15) is 37.4 Å². The minimum atomic E-state index is 0.778. The van der Waals surface area contributed by atoms with Gasteiger partial charge in [0.1, 0.15) is 5.82 Å². The second-order valence-electron chi connectivity index (χ2n) is 5.15. The van der Waals surface area contributed by atoms with Crippen LogP contribution in [-0.4, -0.2) is 9.97 Å². The zero-order valence-electron chi connectivity index (χ0n) is 11.8. The summed E-state index contributed by atoms with van der Waals surface area (Å²) in [4.78, 5) is 9.12. The van der Waals surface area contributed by atoms with Gasteiger partial charge >= 0.3 is 0 Å². The second-order valence-corrected chi connectivity index (χ2v) is 5.15. The number of nitrogens with zero attached hydrogens (tertiary/aromatic N) is 2. The van der Waals surface area contributed by atoms with Gasteiger partial charge < -0.3 is 10.6 Å². The fraction of sp³-hybridized carbons (Fsp3) is 0.375. The molecule has 0 aromatic carbocycles. The molecular formula is C16H20N4. The SMILES string of the molecule is CCCCCc1ccc2c(n1)Nc1ncccc1CN2. The number of anilines is 3. The second kappa shape index (κ2) is 5.90. The van der Waals surface area contributed by atoms with Crippen LogP contribution in [0, 0.1) is 0 Å². The minimum Gasteiger partial charge on any atom is -0.378 e. The highest BCUT2D eigenvalue weighted by atomic mass is 15.1. The number of aryl methyl sites for hydroxylation is 1. The average molecular weight is 268 g/mol. The molecule has 2 aromatic heterocycles. The Labute approximate surface area is 119 Å². The van der Waals surface area contributed by atoms with Gasteiger partial charge in [0.15, 0.2) is 5.82 Å². The van der Waals surface area contributed by atoms with Crippen molar-refractivity contribution in [3.8, 4) is 0 Å². The molecule has 0 fully saturated rings. The summed E-state index contributed by atoms with van der Waals surface area (Å²) in [5.41, 5.74) is 3.35. The molecule has 0 bridgehead atoms. The summed E-state index contributed by atoms with van der Waals surface area (Å²) in [5.74, 6) is 1.79. The van der Waals surface area contributed by atoms with E-state index >= 15 is 0 Å². The van der Waals surface area contributed by atoms with Crippen LogP contribution < -0.4 is 10.6 Å². The Bertz CT molecular complexity index is 595. The highest BCUT2D eigenvalue weighted by Gasteiger charge is 2.14. The maximum atomic E-state index is 4.73. The molecule has 2 aromatic rings. The number of hydrogen-bond donors (Lipinski definition) is 2. The van der Waals surface area contributed by atoms with E-state index in [1.165, 1.54) is 19.3 Å². The van der Waals surface area contributed by atoms with Crippen LogP contribution >= 0.6 is 0 Å². The highest BCUT2D eigenvalue weighted by molar-refractivity contribution is 5.73. The standard InChI is InChI=1S/C16H20N4/c1-2-3-4-7-13-8-9-14-16(19-13)20-15-12(11-18-14)6-5-10-17-15/h5-6,8-10,18H,2-4,7,11H2,1H3,(H,17,19,20). The predicted octanol–water partition coefficient (Wildman–Crippen LogP) is 3.88. The lowest BCUT2D eigenvalue weighted by atomic mass is 10.1. The lowest BCUT2D eigenvalue weighted by molar-refractivity contribution is 0.708. The van der Waals surface area contributed by atoms with Crippen molar-refractivity contribution in [1.29, 1.82) is 0 Å². The Morgan fingerprint density at radius 3 is 3.00 bits per heavy atom. The molecule has 1 aliphatic heterocycles. The molecule has 0 aliphatic carbocycles. The van der Waals surface area contributed by atoms with Gasteiger partial charge in [0, 0.05) is 24.0 Å². The predicted molar refractivity (Wildman–Crippen MR) is 82.3 cm³/mol. The molecule has 2 N–H and O–H groups in total. The summed E-state index contributed by atoms with van der Waals surface area (Å²) in [7, 11) is 0. The Morgan fingerprint density at radius 1 is 1.15 bits per heavy atom. The van der Waals surface area contributed by atoms with E-state index in [2.05, 4.69) is 40.7 Å². The first kappa shape index (κ1) is 12.9. The van der Waals surface area contributed by atoms with E-state index in [-0.39, 0.29) is 0 Å². The number of hydrogen-bond acceptors (Lipinski definition) is 4. The summed E-state index contributed by atoms with van der Waals surface area (Å²) < 4.78 is 0. The van der Waals surface area contributed by atoms with Gasteiger partial charge in [-0.3, -0.25) is 0 Å².